The highest BCUT2D eigenvalue weighted by Gasteiger charge is 2.25. The van der Waals surface area contributed by atoms with Crippen molar-refractivity contribution in [3.05, 3.63) is 23.8 Å². The van der Waals surface area contributed by atoms with E-state index in [0.717, 1.165) is 19.6 Å². The first kappa shape index (κ1) is 15.6. The Kier molecular flexibility index (Phi) is 5.03. The third-order valence-electron chi connectivity index (χ3n) is 3.88. The van der Waals surface area contributed by atoms with Gasteiger partial charge in [-0.3, -0.25) is 9.69 Å². The molecule has 21 heavy (non-hydrogen) atoms. The van der Waals surface area contributed by atoms with E-state index in [1.54, 1.807) is 11.0 Å². The van der Waals surface area contributed by atoms with Crippen molar-refractivity contribution < 1.29 is 15.0 Å². The lowest BCUT2D eigenvalue weighted by Crippen LogP contribution is -2.50. The van der Waals surface area contributed by atoms with E-state index in [1.807, 2.05) is 0 Å². The normalized spacial score (nSPS) is 17.7. The van der Waals surface area contributed by atoms with Crippen molar-refractivity contribution in [2.45, 2.75) is 6.92 Å². The number of phenols is 2. The van der Waals surface area contributed by atoms with Crippen molar-refractivity contribution in [3.63, 3.8) is 0 Å². The Morgan fingerprint density at radius 1 is 1.29 bits per heavy atom. The number of carbonyl (C=O) groups is 1. The van der Waals surface area contributed by atoms with Crippen molar-refractivity contribution in [3.8, 4) is 11.5 Å². The molecule has 1 saturated heterocycles. The van der Waals surface area contributed by atoms with Gasteiger partial charge >= 0.3 is 0 Å². The van der Waals surface area contributed by atoms with Crippen LogP contribution in [-0.2, 0) is 0 Å². The van der Waals surface area contributed by atoms with E-state index in [0.29, 0.717) is 25.6 Å². The Labute approximate surface area is 124 Å². The van der Waals surface area contributed by atoms with Crippen LogP contribution in [0.4, 0.5) is 0 Å². The van der Waals surface area contributed by atoms with Crippen LogP contribution in [0.5, 0.6) is 11.5 Å². The summed E-state index contributed by atoms with van der Waals surface area (Å²) in [6, 6.07) is 4.44. The number of amides is 1. The zero-order valence-corrected chi connectivity index (χ0v) is 12.3. The van der Waals surface area contributed by atoms with E-state index in [1.165, 1.54) is 12.1 Å². The lowest BCUT2D eigenvalue weighted by molar-refractivity contribution is 0.0618. The molecule has 0 aromatic heterocycles. The number of para-hydroxylation sites is 1. The summed E-state index contributed by atoms with van der Waals surface area (Å²) in [5, 5.41) is 19.3. The summed E-state index contributed by atoms with van der Waals surface area (Å²) in [6.45, 7) is 6.55. The molecule has 1 unspecified atom stereocenters. The van der Waals surface area contributed by atoms with Gasteiger partial charge < -0.3 is 20.8 Å². The monoisotopic (exact) mass is 293 g/mol. The van der Waals surface area contributed by atoms with Gasteiger partial charge in [0.05, 0.1) is 5.56 Å². The van der Waals surface area contributed by atoms with Gasteiger partial charge in [0, 0.05) is 32.7 Å². The summed E-state index contributed by atoms with van der Waals surface area (Å²) < 4.78 is 0. The Hall–Kier alpha value is -1.79. The first-order chi connectivity index (χ1) is 10.0. The second kappa shape index (κ2) is 6.78. The topological polar surface area (TPSA) is 90.0 Å². The minimum Gasteiger partial charge on any atom is -0.504 e. The predicted molar refractivity (Wildman–Crippen MR) is 80.3 cm³/mol. The molecule has 0 radical (unpaired) electrons. The van der Waals surface area contributed by atoms with Gasteiger partial charge in [0.1, 0.15) is 0 Å². The summed E-state index contributed by atoms with van der Waals surface area (Å²) in [5.74, 6) is -0.407. The zero-order valence-electron chi connectivity index (χ0n) is 12.3. The number of benzene rings is 1. The van der Waals surface area contributed by atoms with Gasteiger partial charge in [0.25, 0.3) is 5.91 Å². The number of nitrogens with zero attached hydrogens (tertiary/aromatic N) is 2. The van der Waals surface area contributed by atoms with E-state index < -0.39 is 0 Å². The maximum Gasteiger partial charge on any atom is 0.257 e. The second-order valence-electron chi connectivity index (χ2n) is 5.61. The number of nitrogens with two attached hydrogens (primary N) is 1. The average Bonchev–Trinajstić information content (AvgIpc) is 2.50. The number of aromatic hydroxyl groups is 2. The molecule has 0 spiro atoms. The highest BCUT2D eigenvalue weighted by atomic mass is 16.3. The largest absolute Gasteiger partial charge is 0.504 e. The van der Waals surface area contributed by atoms with E-state index in [-0.39, 0.29) is 23.0 Å². The van der Waals surface area contributed by atoms with Crippen LogP contribution < -0.4 is 5.73 Å². The van der Waals surface area contributed by atoms with E-state index in [9.17, 15) is 15.0 Å². The summed E-state index contributed by atoms with van der Waals surface area (Å²) in [6.07, 6.45) is 0. The molecule has 4 N–H and O–H groups in total. The Bertz CT molecular complexity index is 499. The molecular formula is C15H23N3O3. The average molecular weight is 293 g/mol. The molecule has 0 aliphatic carbocycles. The molecule has 1 heterocycles. The first-order valence-corrected chi connectivity index (χ1v) is 7.25. The molecule has 0 saturated carbocycles. The molecule has 6 nitrogen and oxygen atoms in total. The third-order valence-corrected chi connectivity index (χ3v) is 3.88. The fourth-order valence-electron chi connectivity index (χ4n) is 2.52. The quantitative estimate of drug-likeness (QED) is 0.701. The van der Waals surface area contributed by atoms with Crippen molar-refractivity contribution in [2.24, 2.45) is 11.7 Å². The molecule has 1 amide bonds. The van der Waals surface area contributed by atoms with E-state index in [2.05, 4.69) is 11.8 Å². The standard InChI is InChI=1S/C15H23N3O3/c1-11(9-16)10-17-5-7-18(8-6-17)15(21)12-3-2-4-13(19)14(12)20/h2-4,11,19-20H,5-10,16H2,1H3. The number of piperazine rings is 1. The van der Waals surface area contributed by atoms with Crippen molar-refractivity contribution >= 4 is 5.91 Å². The van der Waals surface area contributed by atoms with Crippen LogP contribution in [0.25, 0.3) is 0 Å². The van der Waals surface area contributed by atoms with Gasteiger partial charge in [-0.1, -0.05) is 13.0 Å². The van der Waals surface area contributed by atoms with Crippen LogP contribution in [0.3, 0.4) is 0 Å². The van der Waals surface area contributed by atoms with Crippen molar-refractivity contribution in [1.82, 2.24) is 9.80 Å². The molecule has 1 aliphatic heterocycles. The Balaban J connectivity index is 1.96. The molecule has 1 aromatic rings. The van der Waals surface area contributed by atoms with Crippen LogP contribution in [0.15, 0.2) is 18.2 Å². The molecule has 0 bridgehead atoms. The minimum atomic E-state index is -0.346. The molecular weight excluding hydrogens is 270 g/mol. The molecule has 6 heteroatoms. The fraction of sp³-hybridized carbons (Fsp3) is 0.533. The number of hydrogen-bond donors (Lipinski definition) is 3. The number of rotatable bonds is 4. The van der Waals surface area contributed by atoms with Crippen LogP contribution in [0.1, 0.15) is 17.3 Å². The van der Waals surface area contributed by atoms with Gasteiger partial charge in [0.15, 0.2) is 11.5 Å². The fourth-order valence-corrected chi connectivity index (χ4v) is 2.52. The summed E-state index contributed by atoms with van der Waals surface area (Å²) >= 11 is 0. The maximum atomic E-state index is 12.4. The summed E-state index contributed by atoms with van der Waals surface area (Å²) in [7, 11) is 0. The number of hydrogen-bond acceptors (Lipinski definition) is 5. The van der Waals surface area contributed by atoms with E-state index >= 15 is 0 Å². The lowest BCUT2D eigenvalue weighted by atomic mass is 10.1. The molecule has 1 fully saturated rings. The Morgan fingerprint density at radius 3 is 2.57 bits per heavy atom. The van der Waals surface area contributed by atoms with Gasteiger partial charge in [-0.05, 0) is 24.6 Å². The molecule has 116 valence electrons. The molecule has 1 aliphatic rings. The van der Waals surface area contributed by atoms with Crippen LogP contribution >= 0.6 is 0 Å². The van der Waals surface area contributed by atoms with E-state index in [4.69, 9.17) is 5.73 Å². The third kappa shape index (κ3) is 3.65. The van der Waals surface area contributed by atoms with Crippen molar-refractivity contribution in [1.29, 1.82) is 0 Å². The van der Waals surface area contributed by atoms with Gasteiger partial charge in [-0.25, -0.2) is 0 Å². The zero-order chi connectivity index (χ0) is 15.4. The van der Waals surface area contributed by atoms with Crippen LogP contribution in [0, 0.1) is 5.92 Å². The number of phenolic OH excluding ortho intramolecular Hbond substituents is 2. The first-order valence-electron chi connectivity index (χ1n) is 7.25. The highest BCUT2D eigenvalue weighted by molar-refractivity contribution is 5.97. The van der Waals surface area contributed by atoms with Gasteiger partial charge in [-0.15, -0.1) is 0 Å². The molecule has 2 rings (SSSR count). The maximum absolute atomic E-state index is 12.4. The molecule has 1 aromatic carbocycles. The second-order valence-corrected chi connectivity index (χ2v) is 5.61. The van der Waals surface area contributed by atoms with Gasteiger partial charge in [0.2, 0.25) is 0 Å². The van der Waals surface area contributed by atoms with Crippen molar-refractivity contribution in [2.75, 3.05) is 39.3 Å². The minimum absolute atomic E-state index is 0.152. The smallest absolute Gasteiger partial charge is 0.257 e. The van der Waals surface area contributed by atoms with Crippen LogP contribution in [-0.4, -0.2) is 65.2 Å². The summed E-state index contributed by atoms with van der Waals surface area (Å²) in [5.41, 5.74) is 5.78. The molecule has 1 atom stereocenters. The Morgan fingerprint density at radius 2 is 1.95 bits per heavy atom. The van der Waals surface area contributed by atoms with Crippen LogP contribution in [0.2, 0.25) is 0 Å². The predicted octanol–water partition coefficient (Wildman–Crippen LogP) is 0.450. The number of carbonyl (C=O) groups excluding carboxylic acids is 1. The van der Waals surface area contributed by atoms with Gasteiger partial charge in [-0.2, -0.15) is 0 Å². The summed E-state index contributed by atoms with van der Waals surface area (Å²) in [4.78, 5) is 16.4. The lowest BCUT2D eigenvalue weighted by Gasteiger charge is -2.35. The SMILES string of the molecule is CC(CN)CN1CCN(C(=O)c2cccc(O)c2O)CC1. The highest BCUT2D eigenvalue weighted by Crippen LogP contribution is 2.29.